The third-order valence-electron chi connectivity index (χ3n) is 5.89. The zero-order valence-electron chi connectivity index (χ0n) is 20.0. The third-order valence-corrected chi connectivity index (χ3v) is 6.79. The molecule has 3 heterocycles. The lowest BCUT2D eigenvalue weighted by Gasteiger charge is -2.25. The van der Waals surface area contributed by atoms with Crippen LogP contribution in [-0.2, 0) is 19.4 Å². The van der Waals surface area contributed by atoms with Crippen LogP contribution >= 0.6 is 11.3 Å². The second kappa shape index (κ2) is 8.78. The Hall–Kier alpha value is -2.53. The van der Waals surface area contributed by atoms with Gasteiger partial charge in [-0.2, -0.15) is 0 Å². The first-order valence-corrected chi connectivity index (χ1v) is 12.3. The molecule has 1 aliphatic heterocycles. The number of carbonyl (C=O) groups is 1. The molecule has 1 N–H and O–H groups in total. The number of aromatic nitrogens is 1. The van der Waals surface area contributed by atoms with Gasteiger partial charge in [-0.3, -0.25) is 4.79 Å². The molecule has 2 aromatic heterocycles. The van der Waals surface area contributed by atoms with E-state index in [9.17, 15) is 4.79 Å². The van der Waals surface area contributed by atoms with Gasteiger partial charge in [0, 0.05) is 29.1 Å². The van der Waals surface area contributed by atoms with Crippen molar-refractivity contribution in [2.45, 2.75) is 54.0 Å². The van der Waals surface area contributed by atoms with E-state index >= 15 is 0 Å². The Morgan fingerprint density at radius 1 is 1.22 bits per heavy atom. The molecule has 0 aliphatic carbocycles. The average molecular weight is 451 g/mol. The normalized spacial score (nSPS) is 13.1. The van der Waals surface area contributed by atoms with Gasteiger partial charge in [-0.1, -0.05) is 40.7 Å². The maximum atomic E-state index is 13.2. The molecule has 32 heavy (non-hydrogen) atoms. The van der Waals surface area contributed by atoms with E-state index in [1.54, 1.807) is 18.4 Å². The van der Waals surface area contributed by atoms with Crippen LogP contribution in [0.2, 0.25) is 0 Å². The summed E-state index contributed by atoms with van der Waals surface area (Å²) in [6.45, 7) is 12.3. The van der Waals surface area contributed by atoms with Crippen LogP contribution in [0.1, 0.15) is 56.2 Å². The van der Waals surface area contributed by atoms with Gasteiger partial charge in [0.1, 0.15) is 11.4 Å². The van der Waals surface area contributed by atoms with Crippen LogP contribution in [0.3, 0.4) is 0 Å². The van der Waals surface area contributed by atoms with Gasteiger partial charge in [-0.25, -0.2) is 0 Å². The summed E-state index contributed by atoms with van der Waals surface area (Å²) in [5.74, 6) is 1.51. The molecule has 1 amide bonds. The fourth-order valence-corrected chi connectivity index (χ4v) is 5.17. The molecule has 4 nitrogen and oxygen atoms in total. The van der Waals surface area contributed by atoms with Crippen LogP contribution in [0.15, 0.2) is 35.7 Å². The summed E-state index contributed by atoms with van der Waals surface area (Å²) >= 11 is 1.72. The summed E-state index contributed by atoms with van der Waals surface area (Å²) in [6.07, 6.45) is 1.85. The third kappa shape index (κ3) is 4.49. The fraction of sp³-hybridized carbons (Fsp3) is 0.444. The van der Waals surface area contributed by atoms with Crippen molar-refractivity contribution in [2.24, 2.45) is 11.3 Å². The van der Waals surface area contributed by atoms with Crippen molar-refractivity contribution >= 4 is 17.2 Å². The predicted octanol–water partition coefficient (Wildman–Crippen LogP) is 6.42. The van der Waals surface area contributed by atoms with Gasteiger partial charge in [0.25, 0.3) is 5.91 Å². The zero-order valence-corrected chi connectivity index (χ0v) is 20.9. The van der Waals surface area contributed by atoms with E-state index in [4.69, 9.17) is 4.74 Å². The van der Waals surface area contributed by atoms with Crippen LogP contribution in [0, 0.1) is 11.3 Å². The standard InChI is InChI=1S/C27H34N2O2S/c1-17(2)12-19-13-20-18(14-23(19)31-6)9-10-29-22(26(30)28-16-27(3,4)5)15-21(25(20)29)24-8-7-11-32-24/h7-8,11,13-15,17H,9-10,12,16H2,1-6H3,(H,28,30). The molecule has 0 bridgehead atoms. The number of rotatable bonds is 6. The monoisotopic (exact) mass is 450 g/mol. The first-order valence-electron chi connectivity index (χ1n) is 11.4. The molecule has 1 aromatic carbocycles. The zero-order chi connectivity index (χ0) is 23.0. The van der Waals surface area contributed by atoms with E-state index in [0.29, 0.717) is 12.5 Å². The Morgan fingerprint density at radius 2 is 2.00 bits per heavy atom. The van der Waals surface area contributed by atoms with Crippen molar-refractivity contribution in [3.63, 3.8) is 0 Å². The highest BCUT2D eigenvalue weighted by molar-refractivity contribution is 7.13. The lowest BCUT2D eigenvalue weighted by Crippen LogP contribution is -2.33. The van der Waals surface area contributed by atoms with Gasteiger partial charge < -0.3 is 14.6 Å². The highest BCUT2D eigenvalue weighted by atomic mass is 32.1. The minimum absolute atomic E-state index is 0.00310. The van der Waals surface area contributed by atoms with Crippen LogP contribution < -0.4 is 10.1 Å². The van der Waals surface area contributed by atoms with E-state index < -0.39 is 0 Å². The Kier molecular flexibility index (Phi) is 6.22. The largest absolute Gasteiger partial charge is 0.496 e. The predicted molar refractivity (Wildman–Crippen MR) is 134 cm³/mol. The average Bonchev–Trinajstić information content (AvgIpc) is 3.38. The van der Waals surface area contributed by atoms with Gasteiger partial charge in [0.15, 0.2) is 0 Å². The maximum Gasteiger partial charge on any atom is 0.267 e. The van der Waals surface area contributed by atoms with Crippen LogP contribution in [0.25, 0.3) is 21.7 Å². The Labute approximate surface area is 195 Å². The quantitative estimate of drug-likeness (QED) is 0.471. The van der Waals surface area contributed by atoms with Crippen LogP contribution in [-0.4, -0.2) is 24.1 Å². The summed E-state index contributed by atoms with van der Waals surface area (Å²) in [5.41, 5.74) is 6.83. The smallest absolute Gasteiger partial charge is 0.267 e. The lowest BCUT2D eigenvalue weighted by molar-refractivity contribution is 0.0930. The number of carbonyl (C=O) groups excluding carboxylic acids is 1. The number of benzene rings is 1. The fourth-order valence-electron chi connectivity index (χ4n) is 4.43. The van der Waals surface area contributed by atoms with Crippen molar-refractivity contribution in [2.75, 3.05) is 13.7 Å². The van der Waals surface area contributed by atoms with Gasteiger partial charge in [-0.15, -0.1) is 11.3 Å². The first-order chi connectivity index (χ1) is 15.2. The molecule has 4 rings (SSSR count). The van der Waals surface area contributed by atoms with Gasteiger partial charge >= 0.3 is 0 Å². The minimum atomic E-state index is 0.00310. The topological polar surface area (TPSA) is 43.3 Å². The molecule has 0 spiro atoms. The van der Waals surface area contributed by atoms with E-state index in [2.05, 4.69) is 80.2 Å². The van der Waals surface area contributed by atoms with Crippen molar-refractivity contribution in [1.29, 1.82) is 0 Å². The number of aryl methyl sites for hydroxylation is 1. The molecule has 1 aliphatic rings. The van der Waals surface area contributed by atoms with E-state index in [0.717, 1.165) is 42.1 Å². The van der Waals surface area contributed by atoms with E-state index in [1.807, 2.05) is 0 Å². The number of hydrogen-bond acceptors (Lipinski definition) is 3. The van der Waals surface area contributed by atoms with Gasteiger partial charge in [0.05, 0.1) is 12.8 Å². The molecule has 5 heteroatoms. The highest BCUT2D eigenvalue weighted by Gasteiger charge is 2.28. The molecule has 0 saturated heterocycles. The molecule has 0 unspecified atom stereocenters. The number of fused-ring (bicyclic) bond motifs is 3. The summed E-state index contributed by atoms with van der Waals surface area (Å²) in [7, 11) is 1.76. The Balaban J connectivity index is 1.86. The van der Waals surface area contributed by atoms with Crippen LogP contribution in [0.5, 0.6) is 5.75 Å². The highest BCUT2D eigenvalue weighted by Crippen LogP contribution is 2.43. The SMILES string of the molecule is COc1cc2c(cc1CC(C)C)-c1c(-c3cccs3)cc(C(=O)NCC(C)(C)C)n1CC2. The summed E-state index contributed by atoms with van der Waals surface area (Å²) in [5, 5.41) is 5.25. The number of nitrogens with one attached hydrogen (secondary N) is 1. The molecule has 170 valence electrons. The van der Waals surface area contributed by atoms with Crippen molar-refractivity contribution < 1.29 is 9.53 Å². The van der Waals surface area contributed by atoms with E-state index in [-0.39, 0.29) is 11.3 Å². The molecular weight excluding hydrogens is 416 g/mol. The van der Waals surface area contributed by atoms with Gasteiger partial charge in [0.2, 0.25) is 0 Å². The lowest BCUT2D eigenvalue weighted by atomic mass is 9.91. The molecule has 3 aromatic rings. The van der Waals surface area contributed by atoms with Crippen LogP contribution in [0.4, 0.5) is 0 Å². The van der Waals surface area contributed by atoms with Crippen molar-refractivity contribution in [3.05, 3.63) is 52.5 Å². The molecular formula is C27H34N2O2S. The Morgan fingerprint density at radius 3 is 2.62 bits per heavy atom. The summed E-state index contributed by atoms with van der Waals surface area (Å²) in [6, 6.07) is 10.8. The molecule has 0 radical (unpaired) electrons. The first kappa shape index (κ1) is 22.7. The number of amides is 1. The molecule has 0 saturated carbocycles. The number of methoxy groups -OCH3 is 1. The van der Waals surface area contributed by atoms with E-state index in [1.165, 1.54) is 21.6 Å². The second-order valence-corrected chi connectivity index (χ2v) is 11.3. The van der Waals surface area contributed by atoms with Crippen molar-refractivity contribution in [1.82, 2.24) is 9.88 Å². The minimum Gasteiger partial charge on any atom is -0.496 e. The summed E-state index contributed by atoms with van der Waals surface area (Å²) < 4.78 is 7.96. The maximum absolute atomic E-state index is 13.2. The Bertz CT molecular complexity index is 1120. The molecule has 0 atom stereocenters. The number of thiophene rings is 1. The number of ether oxygens (including phenoxy) is 1. The number of hydrogen-bond donors (Lipinski definition) is 1. The van der Waals surface area contributed by atoms with Crippen molar-refractivity contribution in [3.8, 4) is 27.4 Å². The molecule has 0 fully saturated rings. The number of nitrogens with zero attached hydrogens (tertiary/aromatic N) is 1. The second-order valence-electron chi connectivity index (χ2n) is 10.3. The summed E-state index contributed by atoms with van der Waals surface area (Å²) in [4.78, 5) is 14.4. The van der Waals surface area contributed by atoms with Gasteiger partial charge in [-0.05, 0) is 64.9 Å².